The number of pyridine rings is 1. The number of hydrogen-bond donors (Lipinski definition) is 1. The van der Waals surface area contributed by atoms with Crippen LogP contribution in [0, 0.1) is 5.41 Å². The lowest BCUT2D eigenvalue weighted by molar-refractivity contribution is -0.139. The second-order valence-electron chi connectivity index (χ2n) is 7.08. The molecule has 9 heteroatoms. The Morgan fingerprint density at radius 3 is 2.52 bits per heavy atom. The van der Waals surface area contributed by atoms with Crippen LogP contribution >= 0.6 is 11.6 Å². The Bertz CT molecular complexity index is 765. The highest BCUT2D eigenvalue weighted by atomic mass is 35.5. The minimum atomic E-state index is -4.48. The number of imidazole rings is 1. The minimum absolute atomic E-state index is 0.0187. The van der Waals surface area contributed by atoms with Crippen molar-refractivity contribution in [3.8, 4) is 0 Å². The van der Waals surface area contributed by atoms with Gasteiger partial charge in [0.2, 0.25) is 11.9 Å². The Morgan fingerprint density at radius 1 is 1.24 bits per heavy atom. The average molecular weight is 377 g/mol. The van der Waals surface area contributed by atoms with E-state index in [1.807, 2.05) is 0 Å². The number of halogens is 4. The number of fused-ring (bicyclic) bond motifs is 1. The number of carbonyl (C=O) groups is 1. The van der Waals surface area contributed by atoms with Crippen molar-refractivity contribution < 1.29 is 18.0 Å². The monoisotopic (exact) mass is 376 g/mol. The smallest absolute Gasteiger partial charge is 0.296 e. The van der Waals surface area contributed by atoms with Gasteiger partial charge in [0.05, 0.1) is 0 Å². The van der Waals surface area contributed by atoms with E-state index in [0.29, 0.717) is 6.42 Å². The first-order valence-electron chi connectivity index (χ1n) is 7.84. The number of alkyl halides is 3. The van der Waals surface area contributed by atoms with Crippen molar-refractivity contribution in [3.05, 3.63) is 17.3 Å². The van der Waals surface area contributed by atoms with Crippen LogP contribution in [0.3, 0.4) is 0 Å². The van der Waals surface area contributed by atoms with Gasteiger partial charge in [-0.2, -0.15) is 13.2 Å². The standard InChI is InChI=1S/C16H20ClF3N4O/c1-15(2,3)8-4-5-12(25)23-14-21-10-6-7-11(17)22-13(10)24(14)9-16(18,19)20/h6-7H,4-5,8-9H2,1-3H3,(H,21,23,25). The summed E-state index contributed by atoms with van der Waals surface area (Å²) >= 11 is 5.77. The van der Waals surface area contributed by atoms with E-state index in [1.165, 1.54) is 12.1 Å². The van der Waals surface area contributed by atoms with Gasteiger partial charge in [-0.25, -0.2) is 9.97 Å². The highest BCUT2D eigenvalue weighted by Crippen LogP contribution is 2.26. The van der Waals surface area contributed by atoms with Crippen LogP contribution in [0.4, 0.5) is 19.1 Å². The number of nitrogens with zero attached hydrogens (tertiary/aromatic N) is 3. The highest BCUT2D eigenvalue weighted by molar-refractivity contribution is 6.29. The normalized spacial score (nSPS) is 12.6. The second kappa shape index (κ2) is 7.19. The fourth-order valence-corrected chi connectivity index (χ4v) is 2.51. The second-order valence-corrected chi connectivity index (χ2v) is 7.46. The molecule has 0 bridgehead atoms. The molecule has 2 aromatic rings. The number of anilines is 1. The maximum Gasteiger partial charge on any atom is 0.406 e. The topological polar surface area (TPSA) is 59.8 Å². The molecule has 0 aliphatic rings. The number of rotatable bonds is 5. The molecule has 0 spiro atoms. The van der Waals surface area contributed by atoms with Crippen molar-refractivity contribution in [2.75, 3.05) is 5.32 Å². The molecule has 0 radical (unpaired) electrons. The molecule has 2 heterocycles. The predicted molar refractivity (Wildman–Crippen MR) is 90.5 cm³/mol. The zero-order chi connectivity index (χ0) is 18.8. The number of hydrogen-bond acceptors (Lipinski definition) is 3. The van der Waals surface area contributed by atoms with Crippen LogP contribution in [0.5, 0.6) is 0 Å². The van der Waals surface area contributed by atoms with Gasteiger partial charge >= 0.3 is 6.18 Å². The Labute approximate surface area is 148 Å². The molecule has 138 valence electrons. The Morgan fingerprint density at radius 2 is 1.92 bits per heavy atom. The van der Waals surface area contributed by atoms with E-state index in [2.05, 4.69) is 36.1 Å². The molecule has 0 unspecified atom stereocenters. The van der Waals surface area contributed by atoms with E-state index in [1.54, 1.807) is 0 Å². The molecular formula is C16H20ClF3N4O. The molecular weight excluding hydrogens is 357 g/mol. The lowest BCUT2D eigenvalue weighted by Crippen LogP contribution is -2.22. The van der Waals surface area contributed by atoms with Crippen LogP contribution in [0.2, 0.25) is 5.15 Å². The molecule has 0 aromatic carbocycles. The van der Waals surface area contributed by atoms with Gasteiger partial charge in [0.15, 0.2) is 5.65 Å². The quantitative estimate of drug-likeness (QED) is 0.762. The lowest BCUT2D eigenvalue weighted by Gasteiger charge is -2.17. The zero-order valence-electron chi connectivity index (χ0n) is 14.2. The lowest BCUT2D eigenvalue weighted by atomic mass is 9.90. The van der Waals surface area contributed by atoms with E-state index in [0.717, 1.165) is 11.0 Å². The van der Waals surface area contributed by atoms with Crippen LogP contribution in [-0.4, -0.2) is 26.6 Å². The maximum atomic E-state index is 12.9. The predicted octanol–water partition coefficient (Wildman–Crippen LogP) is 4.80. The van der Waals surface area contributed by atoms with Crippen molar-refractivity contribution in [1.82, 2.24) is 14.5 Å². The first-order chi connectivity index (χ1) is 11.4. The Kier molecular flexibility index (Phi) is 5.61. The summed E-state index contributed by atoms with van der Waals surface area (Å²) < 4.78 is 39.5. The van der Waals surface area contributed by atoms with E-state index < -0.39 is 12.7 Å². The summed E-state index contributed by atoms with van der Waals surface area (Å²) in [6, 6.07) is 2.90. The third-order valence-corrected chi connectivity index (χ3v) is 3.69. The molecule has 5 nitrogen and oxygen atoms in total. The fourth-order valence-electron chi connectivity index (χ4n) is 2.37. The first-order valence-corrected chi connectivity index (χ1v) is 8.22. The van der Waals surface area contributed by atoms with Gasteiger partial charge in [0.1, 0.15) is 17.2 Å². The van der Waals surface area contributed by atoms with Crippen LogP contribution in [-0.2, 0) is 11.3 Å². The third-order valence-electron chi connectivity index (χ3n) is 3.48. The largest absolute Gasteiger partial charge is 0.406 e. The first kappa shape index (κ1) is 19.5. The van der Waals surface area contributed by atoms with Crippen molar-refractivity contribution in [3.63, 3.8) is 0 Å². The van der Waals surface area contributed by atoms with E-state index >= 15 is 0 Å². The average Bonchev–Trinajstić information content (AvgIpc) is 2.73. The van der Waals surface area contributed by atoms with E-state index in [9.17, 15) is 18.0 Å². The molecule has 2 aromatic heterocycles. The summed E-state index contributed by atoms with van der Waals surface area (Å²) in [5, 5.41) is 2.51. The van der Waals surface area contributed by atoms with Crippen molar-refractivity contribution in [2.45, 2.75) is 52.8 Å². The zero-order valence-corrected chi connectivity index (χ0v) is 15.0. The highest BCUT2D eigenvalue weighted by Gasteiger charge is 2.31. The summed E-state index contributed by atoms with van der Waals surface area (Å²) in [5.74, 6) is -0.558. The van der Waals surface area contributed by atoms with Crippen LogP contribution < -0.4 is 5.32 Å². The van der Waals surface area contributed by atoms with Gasteiger partial charge in [0, 0.05) is 6.42 Å². The molecule has 1 amide bonds. The summed E-state index contributed by atoms with van der Waals surface area (Å²) in [7, 11) is 0. The van der Waals surface area contributed by atoms with Crippen molar-refractivity contribution in [1.29, 1.82) is 0 Å². The summed E-state index contributed by atoms with van der Waals surface area (Å²) in [6.07, 6.45) is -2.81. The van der Waals surface area contributed by atoms with Gasteiger partial charge in [-0.15, -0.1) is 0 Å². The molecule has 0 aliphatic carbocycles. The van der Waals surface area contributed by atoms with Gasteiger partial charge in [-0.3, -0.25) is 14.7 Å². The molecule has 25 heavy (non-hydrogen) atoms. The SMILES string of the molecule is CC(C)(C)CCCC(=O)Nc1nc2ccc(Cl)nc2n1CC(F)(F)F. The van der Waals surface area contributed by atoms with Gasteiger partial charge in [-0.1, -0.05) is 32.4 Å². The maximum absolute atomic E-state index is 12.9. The number of nitrogens with one attached hydrogen (secondary N) is 1. The van der Waals surface area contributed by atoms with Gasteiger partial charge < -0.3 is 0 Å². The Hall–Kier alpha value is -1.83. The molecule has 0 aliphatic heterocycles. The van der Waals surface area contributed by atoms with E-state index in [-0.39, 0.29) is 40.0 Å². The van der Waals surface area contributed by atoms with E-state index in [4.69, 9.17) is 11.6 Å². The number of aromatic nitrogens is 3. The minimum Gasteiger partial charge on any atom is -0.296 e. The van der Waals surface area contributed by atoms with Crippen LogP contribution in [0.1, 0.15) is 40.0 Å². The third kappa shape index (κ3) is 5.88. The molecule has 0 fully saturated rings. The van der Waals surface area contributed by atoms with Crippen LogP contribution in [0.15, 0.2) is 12.1 Å². The molecule has 2 rings (SSSR count). The molecule has 0 atom stereocenters. The molecule has 1 N–H and O–H groups in total. The number of carbonyl (C=O) groups excluding carboxylic acids is 1. The fraction of sp³-hybridized carbons (Fsp3) is 0.562. The van der Waals surface area contributed by atoms with Gasteiger partial charge in [-0.05, 0) is 30.4 Å². The summed E-state index contributed by atoms with van der Waals surface area (Å²) in [4.78, 5) is 20.0. The van der Waals surface area contributed by atoms with Crippen LogP contribution in [0.25, 0.3) is 11.2 Å². The summed E-state index contributed by atoms with van der Waals surface area (Å²) in [5.41, 5.74) is 0.304. The Balaban J connectivity index is 2.21. The number of amides is 1. The van der Waals surface area contributed by atoms with Crippen molar-refractivity contribution >= 4 is 34.6 Å². The van der Waals surface area contributed by atoms with Crippen molar-refractivity contribution in [2.24, 2.45) is 5.41 Å². The summed E-state index contributed by atoms with van der Waals surface area (Å²) in [6.45, 7) is 4.86. The molecule has 0 saturated heterocycles. The van der Waals surface area contributed by atoms with Gasteiger partial charge in [0.25, 0.3) is 0 Å². The molecule has 0 saturated carbocycles.